The standard InChI is InChI=1S/C20H17N3O3S/c1-25-12-7-8-14-11(9-12)10-13-17(21)18(27-20(13)23-14)19(24)22-15-5-3-4-6-16(15)26-2/h3-10H,21H2,1-2H3,(H,22,24). The molecule has 0 atom stereocenters. The molecule has 27 heavy (non-hydrogen) atoms. The van der Waals surface area contributed by atoms with Gasteiger partial charge in [-0.2, -0.15) is 0 Å². The number of nitrogens with two attached hydrogens (primary N) is 1. The molecule has 0 radical (unpaired) electrons. The van der Waals surface area contributed by atoms with Crippen LogP contribution < -0.4 is 20.5 Å². The lowest BCUT2D eigenvalue weighted by molar-refractivity contribution is 0.103. The lowest BCUT2D eigenvalue weighted by Gasteiger charge is -2.09. The predicted octanol–water partition coefficient (Wildman–Crippen LogP) is 4.30. The average molecular weight is 379 g/mol. The summed E-state index contributed by atoms with van der Waals surface area (Å²) in [6.45, 7) is 0. The van der Waals surface area contributed by atoms with E-state index in [9.17, 15) is 4.79 Å². The van der Waals surface area contributed by atoms with Gasteiger partial charge >= 0.3 is 0 Å². The highest BCUT2D eigenvalue weighted by molar-refractivity contribution is 7.21. The first-order valence-electron chi connectivity index (χ1n) is 8.22. The van der Waals surface area contributed by atoms with E-state index in [1.54, 1.807) is 26.4 Å². The average Bonchev–Trinajstić information content (AvgIpc) is 3.02. The maximum atomic E-state index is 12.8. The van der Waals surface area contributed by atoms with Crippen molar-refractivity contribution in [3.63, 3.8) is 0 Å². The number of fused-ring (bicyclic) bond motifs is 2. The molecule has 0 aliphatic carbocycles. The number of aromatic nitrogens is 1. The van der Waals surface area contributed by atoms with Crippen molar-refractivity contribution in [3.05, 3.63) is 53.4 Å². The van der Waals surface area contributed by atoms with Gasteiger partial charge in [0.05, 0.1) is 31.1 Å². The van der Waals surface area contributed by atoms with Crippen molar-refractivity contribution >= 4 is 49.7 Å². The fourth-order valence-corrected chi connectivity index (χ4v) is 3.88. The number of nitrogens with one attached hydrogen (secondary N) is 1. The summed E-state index contributed by atoms with van der Waals surface area (Å²) in [6.07, 6.45) is 0. The number of methoxy groups -OCH3 is 2. The van der Waals surface area contributed by atoms with E-state index in [0.717, 1.165) is 26.9 Å². The van der Waals surface area contributed by atoms with Crippen LogP contribution in [0.3, 0.4) is 0 Å². The smallest absolute Gasteiger partial charge is 0.268 e. The van der Waals surface area contributed by atoms with E-state index < -0.39 is 0 Å². The molecule has 2 aromatic heterocycles. The van der Waals surface area contributed by atoms with E-state index in [4.69, 9.17) is 15.2 Å². The van der Waals surface area contributed by atoms with Crippen LogP contribution in [0.2, 0.25) is 0 Å². The predicted molar refractivity (Wildman–Crippen MR) is 109 cm³/mol. The molecule has 0 fully saturated rings. The van der Waals surface area contributed by atoms with Gasteiger partial charge in [0.25, 0.3) is 5.91 Å². The molecule has 0 spiro atoms. The van der Waals surface area contributed by atoms with Gasteiger partial charge in [0.2, 0.25) is 0 Å². The van der Waals surface area contributed by atoms with Gasteiger partial charge < -0.3 is 20.5 Å². The second-order valence-electron chi connectivity index (χ2n) is 5.90. The number of pyridine rings is 1. The lowest BCUT2D eigenvalue weighted by Crippen LogP contribution is -2.12. The van der Waals surface area contributed by atoms with Gasteiger partial charge in [0.15, 0.2) is 0 Å². The Labute approximate surface area is 159 Å². The molecule has 0 saturated carbocycles. The highest BCUT2D eigenvalue weighted by Crippen LogP contribution is 2.36. The van der Waals surface area contributed by atoms with Crippen molar-refractivity contribution in [2.75, 3.05) is 25.3 Å². The number of carbonyl (C=O) groups is 1. The van der Waals surface area contributed by atoms with Gasteiger partial charge in [-0.1, -0.05) is 12.1 Å². The van der Waals surface area contributed by atoms with Crippen LogP contribution in [-0.4, -0.2) is 25.1 Å². The molecule has 7 heteroatoms. The maximum Gasteiger partial charge on any atom is 0.268 e. The van der Waals surface area contributed by atoms with Crippen molar-refractivity contribution in [2.24, 2.45) is 0 Å². The summed E-state index contributed by atoms with van der Waals surface area (Å²) in [6, 6.07) is 14.8. The van der Waals surface area contributed by atoms with E-state index in [1.165, 1.54) is 11.3 Å². The molecule has 0 saturated heterocycles. The zero-order valence-electron chi connectivity index (χ0n) is 14.8. The largest absolute Gasteiger partial charge is 0.497 e. The van der Waals surface area contributed by atoms with Gasteiger partial charge in [0, 0.05) is 10.8 Å². The van der Waals surface area contributed by atoms with Crippen LogP contribution in [0.25, 0.3) is 21.1 Å². The van der Waals surface area contributed by atoms with Crippen LogP contribution in [0.4, 0.5) is 11.4 Å². The van der Waals surface area contributed by atoms with Crippen molar-refractivity contribution in [1.29, 1.82) is 0 Å². The first kappa shape index (κ1) is 17.1. The fraction of sp³-hybridized carbons (Fsp3) is 0.100. The summed E-state index contributed by atoms with van der Waals surface area (Å²) in [4.78, 5) is 18.6. The number of anilines is 2. The molecule has 0 bridgehead atoms. The number of rotatable bonds is 4. The minimum absolute atomic E-state index is 0.290. The number of carbonyl (C=O) groups excluding carboxylic acids is 1. The molecule has 6 nitrogen and oxygen atoms in total. The van der Waals surface area contributed by atoms with Gasteiger partial charge in [-0.25, -0.2) is 4.98 Å². The Morgan fingerprint density at radius 3 is 2.70 bits per heavy atom. The summed E-state index contributed by atoms with van der Waals surface area (Å²) in [5.74, 6) is 1.04. The normalized spacial score (nSPS) is 10.9. The molecule has 2 heterocycles. The minimum Gasteiger partial charge on any atom is -0.497 e. The Bertz CT molecular complexity index is 1170. The lowest BCUT2D eigenvalue weighted by atomic mass is 10.1. The number of amides is 1. The molecule has 0 unspecified atom stereocenters. The van der Waals surface area contributed by atoms with Gasteiger partial charge in [-0.05, 0) is 36.4 Å². The second kappa shape index (κ2) is 6.77. The number of thiophene rings is 1. The molecule has 0 aliphatic rings. The van der Waals surface area contributed by atoms with E-state index in [2.05, 4.69) is 10.3 Å². The summed E-state index contributed by atoms with van der Waals surface area (Å²) in [7, 11) is 3.18. The molecule has 4 rings (SSSR count). The molecule has 2 aromatic carbocycles. The van der Waals surface area contributed by atoms with Gasteiger partial charge in [-0.15, -0.1) is 11.3 Å². The van der Waals surface area contributed by atoms with Crippen LogP contribution in [0.15, 0.2) is 48.5 Å². The van der Waals surface area contributed by atoms with Crippen LogP contribution in [-0.2, 0) is 0 Å². The second-order valence-corrected chi connectivity index (χ2v) is 6.90. The van der Waals surface area contributed by atoms with Crippen molar-refractivity contribution in [2.45, 2.75) is 0 Å². The third kappa shape index (κ3) is 3.02. The van der Waals surface area contributed by atoms with Crippen molar-refractivity contribution in [3.8, 4) is 11.5 Å². The summed E-state index contributed by atoms with van der Waals surface area (Å²) >= 11 is 1.27. The third-order valence-electron chi connectivity index (χ3n) is 4.28. The number of hydrogen-bond donors (Lipinski definition) is 2. The number of para-hydroxylation sites is 2. The Morgan fingerprint density at radius 2 is 1.93 bits per heavy atom. The van der Waals surface area contributed by atoms with Crippen molar-refractivity contribution in [1.82, 2.24) is 4.98 Å². The third-order valence-corrected chi connectivity index (χ3v) is 5.40. The monoisotopic (exact) mass is 379 g/mol. The topological polar surface area (TPSA) is 86.5 Å². The number of nitrogen functional groups attached to an aromatic ring is 1. The summed E-state index contributed by atoms with van der Waals surface area (Å²) < 4.78 is 10.5. The van der Waals surface area contributed by atoms with Gasteiger partial charge in [0.1, 0.15) is 21.2 Å². The number of benzene rings is 2. The summed E-state index contributed by atoms with van der Waals surface area (Å²) in [5.41, 5.74) is 8.10. The van der Waals surface area contributed by atoms with Crippen LogP contribution in [0.1, 0.15) is 9.67 Å². The van der Waals surface area contributed by atoms with E-state index in [1.807, 2.05) is 36.4 Å². The molecule has 136 valence electrons. The Kier molecular flexibility index (Phi) is 4.29. The van der Waals surface area contributed by atoms with E-state index >= 15 is 0 Å². The van der Waals surface area contributed by atoms with Crippen LogP contribution in [0, 0.1) is 0 Å². The van der Waals surface area contributed by atoms with E-state index in [-0.39, 0.29) is 5.91 Å². The quantitative estimate of drug-likeness (QED) is 0.552. The van der Waals surface area contributed by atoms with Crippen LogP contribution >= 0.6 is 11.3 Å². The number of nitrogens with zero attached hydrogens (tertiary/aromatic N) is 1. The van der Waals surface area contributed by atoms with Crippen LogP contribution in [0.5, 0.6) is 11.5 Å². The highest BCUT2D eigenvalue weighted by Gasteiger charge is 2.19. The fourth-order valence-electron chi connectivity index (χ4n) is 2.90. The molecule has 1 amide bonds. The molecular weight excluding hydrogens is 362 g/mol. The first-order chi connectivity index (χ1) is 13.1. The molecular formula is C20H17N3O3S. The van der Waals surface area contributed by atoms with Crippen molar-refractivity contribution < 1.29 is 14.3 Å². The molecule has 3 N–H and O–H groups in total. The number of ether oxygens (including phenoxy) is 2. The molecule has 4 aromatic rings. The SMILES string of the molecule is COc1ccc2nc3sc(C(=O)Nc4ccccc4OC)c(N)c3cc2c1. The zero-order valence-corrected chi connectivity index (χ0v) is 15.6. The highest BCUT2D eigenvalue weighted by atomic mass is 32.1. The first-order valence-corrected chi connectivity index (χ1v) is 9.03. The Morgan fingerprint density at radius 1 is 1.11 bits per heavy atom. The maximum absolute atomic E-state index is 12.8. The summed E-state index contributed by atoms with van der Waals surface area (Å²) in [5, 5.41) is 4.52. The zero-order chi connectivity index (χ0) is 19.0. The minimum atomic E-state index is -0.290. The Balaban J connectivity index is 1.76. The Hall–Kier alpha value is -3.32. The molecule has 0 aliphatic heterocycles. The van der Waals surface area contributed by atoms with Gasteiger partial charge in [-0.3, -0.25) is 4.79 Å². The van der Waals surface area contributed by atoms with E-state index in [0.29, 0.717) is 22.0 Å². The number of hydrogen-bond acceptors (Lipinski definition) is 6.